The molecule has 3 amide bonds. The Hall–Kier alpha value is -2.12. The average molecular weight is 362 g/mol. The lowest BCUT2D eigenvalue weighted by atomic mass is 10.1. The predicted molar refractivity (Wildman–Crippen MR) is 97.4 cm³/mol. The Kier molecular flexibility index (Phi) is 5.78. The number of quaternary nitrogens is 2. The first kappa shape index (κ1) is 18.7. The fourth-order valence-electron chi connectivity index (χ4n) is 3.94. The molecule has 7 nitrogen and oxygen atoms in total. The number of nitrogens with one attached hydrogen (secondary N) is 3. The molecule has 1 aromatic carbocycles. The van der Waals surface area contributed by atoms with Crippen molar-refractivity contribution in [3.8, 4) is 5.75 Å². The fraction of sp³-hybridized carbons (Fsp3) is 0.579. The highest BCUT2D eigenvalue weighted by molar-refractivity contribution is 5.97. The quantitative estimate of drug-likeness (QED) is 0.581. The third kappa shape index (κ3) is 3.99. The van der Waals surface area contributed by atoms with Crippen LogP contribution in [0.2, 0.25) is 0 Å². The van der Waals surface area contributed by atoms with Crippen molar-refractivity contribution in [1.29, 1.82) is 0 Å². The Morgan fingerprint density at radius 3 is 2.65 bits per heavy atom. The van der Waals surface area contributed by atoms with Crippen LogP contribution in [0.25, 0.3) is 0 Å². The van der Waals surface area contributed by atoms with Crippen molar-refractivity contribution in [1.82, 2.24) is 10.2 Å². The fourth-order valence-corrected chi connectivity index (χ4v) is 3.94. The van der Waals surface area contributed by atoms with Gasteiger partial charge in [0, 0.05) is 18.7 Å². The smallest absolute Gasteiger partial charge is 0.324 e. The van der Waals surface area contributed by atoms with Gasteiger partial charge in [-0.05, 0) is 26.0 Å². The summed E-state index contributed by atoms with van der Waals surface area (Å²) in [7, 11) is 1.72. The van der Waals surface area contributed by atoms with Crippen LogP contribution in [0.5, 0.6) is 5.75 Å². The number of nitrogens with zero attached hydrogens (tertiary/aromatic N) is 1. The number of carbonyl (C=O) groups excluding carboxylic acids is 2. The third-order valence-corrected chi connectivity index (χ3v) is 5.58. The van der Waals surface area contributed by atoms with Gasteiger partial charge in [-0.15, -0.1) is 0 Å². The Morgan fingerprint density at radius 2 is 2.04 bits per heavy atom. The van der Waals surface area contributed by atoms with Gasteiger partial charge in [-0.25, -0.2) is 4.79 Å². The molecular weight excluding hydrogens is 332 g/mol. The summed E-state index contributed by atoms with van der Waals surface area (Å²) in [4.78, 5) is 28.4. The van der Waals surface area contributed by atoms with Gasteiger partial charge in [-0.2, -0.15) is 0 Å². The molecule has 2 aliphatic heterocycles. The Bertz CT molecular complexity index is 671. The monoisotopic (exact) mass is 362 g/mol. The molecular formula is C19H30N4O3+2. The molecule has 0 bridgehead atoms. The molecule has 3 N–H and O–H groups in total. The number of aryl methyl sites for hydroxylation is 1. The lowest BCUT2D eigenvalue weighted by Gasteiger charge is -2.33. The van der Waals surface area contributed by atoms with Gasteiger partial charge in [0.25, 0.3) is 5.91 Å². The molecule has 7 heteroatoms. The van der Waals surface area contributed by atoms with Gasteiger partial charge in [0.1, 0.15) is 38.5 Å². The molecule has 0 saturated carbocycles. The number of carbonyl (C=O) groups is 2. The summed E-state index contributed by atoms with van der Waals surface area (Å²) in [6, 6.07) is 5.88. The highest BCUT2D eigenvalue weighted by Gasteiger charge is 2.37. The van der Waals surface area contributed by atoms with Crippen molar-refractivity contribution >= 4 is 11.9 Å². The number of hydrogen-bond donors (Lipinski definition) is 3. The van der Waals surface area contributed by atoms with Gasteiger partial charge >= 0.3 is 6.03 Å². The van der Waals surface area contributed by atoms with Gasteiger partial charge in [-0.3, -0.25) is 9.69 Å². The van der Waals surface area contributed by atoms with Crippen LogP contribution in [0.15, 0.2) is 18.2 Å². The van der Waals surface area contributed by atoms with E-state index in [1.54, 1.807) is 7.11 Å². The van der Waals surface area contributed by atoms with Crippen LogP contribution in [0, 0.1) is 6.92 Å². The van der Waals surface area contributed by atoms with Crippen molar-refractivity contribution in [2.75, 3.05) is 46.4 Å². The van der Waals surface area contributed by atoms with Gasteiger partial charge in [0.2, 0.25) is 0 Å². The number of rotatable bonds is 5. The molecule has 3 rings (SSSR count). The van der Waals surface area contributed by atoms with E-state index < -0.39 is 0 Å². The van der Waals surface area contributed by atoms with Crippen LogP contribution in [0.1, 0.15) is 18.1 Å². The van der Waals surface area contributed by atoms with Gasteiger partial charge < -0.3 is 19.9 Å². The van der Waals surface area contributed by atoms with Crippen molar-refractivity contribution < 1.29 is 24.1 Å². The molecule has 2 saturated heterocycles. The first-order valence-corrected chi connectivity index (χ1v) is 9.40. The number of urea groups is 1. The summed E-state index contributed by atoms with van der Waals surface area (Å²) >= 11 is 0. The summed E-state index contributed by atoms with van der Waals surface area (Å²) in [6.45, 7) is 9.92. The number of piperazine rings is 1. The van der Waals surface area contributed by atoms with Crippen LogP contribution in [0.3, 0.4) is 0 Å². The topological polar surface area (TPSA) is 67.5 Å². The molecule has 142 valence electrons. The number of ether oxygens (including phenoxy) is 1. The maximum Gasteiger partial charge on any atom is 0.324 e. The van der Waals surface area contributed by atoms with E-state index in [1.165, 1.54) is 25.8 Å². The molecule has 0 unspecified atom stereocenters. The number of amides is 3. The predicted octanol–water partition coefficient (Wildman–Crippen LogP) is -1.77. The van der Waals surface area contributed by atoms with Crippen LogP contribution in [0.4, 0.5) is 4.79 Å². The summed E-state index contributed by atoms with van der Waals surface area (Å²) in [5.41, 5.74) is 2.48. The SMILES string of the molecule is COc1ccc(C)cc1C[NH+]1CC[NH+]([C@@H](C)C(=O)N2CCNC2=O)CC1. The van der Waals surface area contributed by atoms with Gasteiger partial charge in [0.05, 0.1) is 7.11 Å². The minimum Gasteiger partial charge on any atom is -0.496 e. The van der Waals surface area contributed by atoms with Crippen LogP contribution < -0.4 is 19.9 Å². The van der Waals surface area contributed by atoms with E-state index in [0.717, 1.165) is 38.5 Å². The second-order valence-corrected chi connectivity index (χ2v) is 7.34. The Balaban J connectivity index is 1.55. The zero-order valence-electron chi connectivity index (χ0n) is 15.9. The van der Waals surface area contributed by atoms with Gasteiger partial charge in [0.15, 0.2) is 6.04 Å². The van der Waals surface area contributed by atoms with E-state index in [2.05, 4.69) is 24.4 Å². The maximum absolute atomic E-state index is 12.6. The van der Waals surface area contributed by atoms with E-state index in [0.29, 0.717) is 13.1 Å². The zero-order chi connectivity index (χ0) is 18.7. The van der Waals surface area contributed by atoms with Gasteiger partial charge in [-0.1, -0.05) is 11.6 Å². The Morgan fingerprint density at radius 1 is 1.31 bits per heavy atom. The highest BCUT2D eigenvalue weighted by Crippen LogP contribution is 2.18. The number of hydrogen-bond acceptors (Lipinski definition) is 3. The zero-order valence-corrected chi connectivity index (χ0v) is 15.9. The lowest BCUT2D eigenvalue weighted by molar-refractivity contribution is -1.02. The number of imide groups is 1. The normalized spacial score (nSPS) is 24.3. The molecule has 26 heavy (non-hydrogen) atoms. The molecule has 2 fully saturated rings. The third-order valence-electron chi connectivity index (χ3n) is 5.58. The minimum atomic E-state index is -0.253. The second kappa shape index (κ2) is 8.05. The number of benzene rings is 1. The molecule has 0 aliphatic carbocycles. The van der Waals surface area contributed by atoms with Crippen molar-refractivity contribution in [2.24, 2.45) is 0 Å². The standard InChI is InChI=1S/C19H28N4O3/c1-14-4-5-17(26-3)16(12-14)13-21-8-10-22(11-9-21)15(2)18(24)23-7-6-20-19(23)25/h4-5,12,15H,6-11,13H2,1-3H3,(H,20,25)/p+2/t15-/m0/s1. The molecule has 2 aliphatic rings. The summed E-state index contributed by atoms with van der Waals surface area (Å²) in [6.07, 6.45) is 0. The minimum absolute atomic E-state index is 0.0567. The second-order valence-electron chi connectivity index (χ2n) is 7.34. The van der Waals surface area contributed by atoms with Crippen LogP contribution >= 0.6 is 0 Å². The van der Waals surface area contributed by atoms with Crippen molar-refractivity contribution in [3.05, 3.63) is 29.3 Å². The summed E-state index contributed by atoms with van der Waals surface area (Å²) in [5.74, 6) is 0.889. The molecule has 0 spiro atoms. The lowest BCUT2D eigenvalue weighted by Crippen LogP contribution is -3.29. The largest absolute Gasteiger partial charge is 0.496 e. The van der Waals surface area contributed by atoms with E-state index in [1.807, 2.05) is 13.0 Å². The summed E-state index contributed by atoms with van der Waals surface area (Å²) in [5, 5.41) is 2.70. The first-order chi connectivity index (χ1) is 12.5. The molecule has 1 aromatic rings. The number of methoxy groups -OCH3 is 1. The van der Waals surface area contributed by atoms with Crippen molar-refractivity contribution in [2.45, 2.75) is 26.4 Å². The van der Waals surface area contributed by atoms with E-state index in [9.17, 15) is 9.59 Å². The van der Waals surface area contributed by atoms with E-state index in [4.69, 9.17) is 4.74 Å². The van der Waals surface area contributed by atoms with Crippen molar-refractivity contribution in [3.63, 3.8) is 0 Å². The summed E-state index contributed by atoms with van der Waals surface area (Å²) < 4.78 is 5.49. The molecule has 2 heterocycles. The van der Waals surface area contributed by atoms with E-state index >= 15 is 0 Å². The Labute approximate surface area is 154 Å². The first-order valence-electron chi connectivity index (χ1n) is 9.40. The van der Waals surface area contributed by atoms with Crippen LogP contribution in [-0.2, 0) is 11.3 Å². The maximum atomic E-state index is 12.6. The highest BCUT2D eigenvalue weighted by atomic mass is 16.5. The molecule has 1 atom stereocenters. The molecule has 0 radical (unpaired) electrons. The average Bonchev–Trinajstić information content (AvgIpc) is 3.07. The van der Waals surface area contributed by atoms with Crippen LogP contribution in [-0.4, -0.2) is 69.3 Å². The van der Waals surface area contributed by atoms with E-state index in [-0.39, 0.29) is 18.0 Å². The molecule has 0 aromatic heterocycles.